The average molecular weight is 163 g/mol. The van der Waals surface area contributed by atoms with E-state index < -0.39 is 30.6 Å². The van der Waals surface area contributed by atoms with Crippen LogP contribution in [0.25, 0.3) is 0 Å². The quantitative estimate of drug-likeness (QED) is 0.324. The van der Waals surface area contributed by atoms with E-state index in [0.29, 0.717) is 0 Å². The van der Waals surface area contributed by atoms with E-state index in [-0.39, 0.29) is 0 Å². The van der Waals surface area contributed by atoms with Crippen molar-refractivity contribution in [1.82, 2.24) is 0 Å². The van der Waals surface area contributed by atoms with Crippen molar-refractivity contribution in [3.63, 3.8) is 0 Å². The first-order valence-corrected chi connectivity index (χ1v) is 3.49. The summed E-state index contributed by atoms with van der Waals surface area (Å²) in [5.74, 6) is 0. The predicted octanol–water partition coefficient (Wildman–Crippen LogP) is -2.23. The van der Waals surface area contributed by atoms with Crippen molar-refractivity contribution >= 4 is 0 Å². The number of aliphatic hydroxyl groups excluding tert-OH is 3. The minimum atomic E-state index is -1.21. The Morgan fingerprint density at radius 3 is 2.18 bits per heavy atom. The summed E-state index contributed by atoms with van der Waals surface area (Å²) >= 11 is 0. The largest absolute Gasteiger partial charge is 0.388 e. The molecule has 5 nitrogen and oxygen atoms in total. The van der Waals surface area contributed by atoms with Gasteiger partial charge < -0.3 is 25.8 Å². The summed E-state index contributed by atoms with van der Waals surface area (Å²) in [5.41, 5.74) is 5.28. The van der Waals surface area contributed by atoms with E-state index >= 15 is 0 Å². The van der Waals surface area contributed by atoms with Crippen LogP contribution in [0.4, 0.5) is 0 Å². The van der Waals surface area contributed by atoms with Crippen molar-refractivity contribution in [3.05, 3.63) is 0 Å². The van der Waals surface area contributed by atoms with Crippen LogP contribution in [0.1, 0.15) is 6.92 Å². The van der Waals surface area contributed by atoms with Gasteiger partial charge in [-0.2, -0.15) is 0 Å². The highest BCUT2D eigenvalue weighted by Crippen LogP contribution is 2.17. The van der Waals surface area contributed by atoms with Gasteiger partial charge in [0, 0.05) is 0 Å². The monoisotopic (exact) mass is 163 g/mol. The first kappa shape index (κ1) is 8.89. The lowest BCUT2D eigenvalue weighted by Gasteiger charge is -2.37. The Morgan fingerprint density at radius 1 is 1.09 bits per heavy atom. The molecule has 1 aliphatic heterocycles. The van der Waals surface area contributed by atoms with Gasteiger partial charge in [0.15, 0.2) is 0 Å². The van der Waals surface area contributed by atoms with Crippen molar-refractivity contribution in [2.75, 3.05) is 0 Å². The SMILES string of the molecule is CC1O[C@H](N)[C@@H](O)[C@H](O)[C@@H]1O. The van der Waals surface area contributed by atoms with Crippen molar-refractivity contribution in [1.29, 1.82) is 0 Å². The van der Waals surface area contributed by atoms with Gasteiger partial charge in [-0.3, -0.25) is 0 Å². The van der Waals surface area contributed by atoms with E-state index in [9.17, 15) is 0 Å². The fourth-order valence-corrected chi connectivity index (χ4v) is 1.08. The van der Waals surface area contributed by atoms with E-state index in [1.54, 1.807) is 6.92 Å². The van der Waals surface area contributed by atoms with Crippen molar-refractivity contribution < 1.29 is 20.1 Å². The highest BCUT2D eigenvalue weighted by atomic mass is 16.5. The van der Waals surface area contributed by atoms with Crippen LogP contribution in [0, 0.1) is 0 Å². The lowest BCUT2D eigenvalue weighted by molar-refractivity contribution is -0.215. The molecule has 5 heteroatoms. The third-order valence-corrected chi connectivity index (χ3v) is 1.89. The first-order valence-electron chi connectivity index (χ1n) is 3.49. The molecule has 0 radical (unpaired) electrons. The molecule has 0 amide bonds. The van der Waals surface area contributed by atoms with Crippen LogP contribution >= 0.6 is 0 Å². The maximum Gasteiger partial charge on any atom is 0.135 e. The lowest BCUT2D eigenvalue weighted by Crippen LogP contribution is -2.59. The molecule has 66 valence electrons. The molecular formula is C6H13NO4. The number of hydrogen-bond donors (Lipinski definition) is 4. The second-order valence-corrected chi connectivity index (χ2v) is 2.78. The van der Waals surface area contributed by atoms with E-state index in [1.807, 2.05) is 0 Å². The zero-order valence-electron chi connectivity index (χ0n) is 6.21. The number of hydrogen-bond acceptors (Lipinski definition) is 5. The molecule has 1 fully saturated rings. The van der Waals surface area contributed by atoms with Crippen molar-refractivity contribution in [2.24, 2.45) is 5.73 Å². The molecule has 0 aliphatic carbocycles. The minimum Gasteiger partial charge on any atom is -0.388 e. The maximum atomic E-state index is 9.14. The molecule has 0 bridgehead atoms. The third-order valence-electron chi connectivity index (χ3n) is 1.89. The molecule has 1 rings (SSSR count). The Bertz CT molecular complexity index is 129. The highest BCUT2D eigenvalue weighted by molar-refractivity contribution is 4.87. The number of aliphatic hydroxyl groups is 3. The molecule has 5 atom stereocenters. The minimum absolute atomic E-state index is 0.539. The maximum absolute atomic E-state index is 9.14. The van der Waals surface area contributed by atoms with Crippen LogP contribution in [0.3, 0.4) is 0 Å². The van der Waals surface area contributed by atoms with Crippen molar-refractivity contribution in [3.8, 4) is 0 Å². The topological polar surface area (TPSA) is 95.9 Å². The van der Waals surface area contributed by atoms with Crippen LogP contribution in [0.15, 0.2) is 0 Å². The summed E-state index contributed by atoms with van der Waals surface area (Å²) in [6.07, 6.45) is -4.94. The van der Waals surface area contributed by atoms with Gasteiger partial charge in [-0.05, 0) is 6.92 Å². The standard InChI is InChI=1S/C6H13NO4/c1-2-3(8)4(9)5(10)6(7)11-2/h2-6,8-10H,7H2,1H3/t2?,3-,4-,5+,6+/m1/s1. The zero-order valence-corrected chi connectivity index (χ0v) is 6.21. The molecule has 1 aliphatic rings. The van der Waals surface area contributed by atoms with Crippen LogP contribution in [0.2, 0.25) is 0 Å². The Labute approximate surface area is 64.4 Å². The highest BCUT2D eigenvalue weighted by Gasteiger charge is 2.39. The smallest absolute Gasteiger partial charge is 0.135 e. The molecule has 11 heavy (non-hydrogen) atoms. The van der Waals surface area contributed by atoms with E-state index in [4.69, 9.17) is 25.8 Å². The lowest BCUT2D eigenvalue weighted by atomic mass is 9.99. The van der Waals surface area contributed by atoms with E-state index in [2.05, 4.69) is 0 Å². The van der Waals surface area contributed by atoms with Gasteiger partial charge in [0.2, 0.25) is 0 Å². The molecular weight excluding hydrogens is 150 g/mol. The van der Waals surface area contributed by atoms with Gasteiger partial charge in [-0.1, -0.05) is 0 Å². The molecule has 1 heterocycles. The Balaban J connectivity index is 2.63. The molecule has 0 spiro atoms. The Hall–Kier alpha value is -0.200. The van der Waals surface area contributed by atoms with Gasteiger partial charge in [-0.15, -0.1) is 0 Å². The zero-order chi connectivity index (χ0) is 8.59. The molecule has 1 unspecified atom stereocenters. The predicted molar refractivity (Wildman–Crippen MR) is 36.5 cm³/mol. The van der Waals surface area contributed by atoms with Crippen LogP contribution in [-0.2, 0) is 4.74 Å². The summed E-state index contributed by atoms with van der Waals surface area (Å²) in [6, 6.07) is 0. The van der Waals surface area contributed by atoms with E-state index in [0.717, 1.165) is 0 Å². The summed E-state index contributed by atoms with van der Waals surface area (Å²) < 4.78 is 4.90. The number of nitrogens with two attached hydrogens (primary N) is 1. The Kier molecular flexibility index (Phi) is 2.46. The molecule has 1 saturated heterocycles. The summed E-state index contributed by atoms with van der Waals surface area (Å²) in [4.78, 5) is 0. The van der Waals surface area contributed by atoms with Crippen LogP contribution < -0.4 is 5.73 Å². The van der Waals surface area contributed by atoms with Gasteiger partial charge in [0.25, 0.3) is 0 Å². The number of rotatable bonds is 0. The first-order chi connectivity index (χ1) is 5.04. The van der Waals surface area contributed by atoms with Crippen LogP contribution in [-0.4, -0.2) is 46.0 Å². The molecule has 0 aromatic rings. The Morgan fingerprint density at radius 2 is 1.64 bits per heavy atom. The van der Waals surface area contributed by atoms with Gasteiger partial charge in [-0.25, -0.2) is 0 Å². The molecule has 0 aromatic carbocycles. The average Bonchev–Trinajstić information content (AvgIpc) is 1.97. The second kappa shape index (κ2) is 3.04. The summed E-state index contributed by atoms with van der Waals surface area (Å²) in [6.45, 7) is 1.58. The molecule has 0 saturated carbocycles. The summed E-state index contributed by atoms with van der Waals surface area (Å²) in [7, 11) is 0. The molecule has 5 N–H and O–H groups in total. The third kappa shape index (κ3) is 1.52. The van der Waals surface area contributed by atoms with Gasteiger partial charge >= 0.3 is 0 Å². The van der Waals surface area contributed by atoms with E-state index in [1.165, 1.54) is 0 Å². The van der Waals surface area contributed by atoms with Crippen molar-refractivity contribution in [2.45, 2.75) is 37.6 Å². The normalized spacial score (nSPS) is 52.6. The van der Waals surface area contributed by atoms with Gasteiger partial charge in [0.05, 0.1) is 6.10 Å². The van der Waals surface area contributed by atoms with Gasteiger partial charge in [0.1, 0.15) is 24.5 Å². The summed E-state index contributed by atoms with van der Waals surface area (Å²) in [5, 5.41) is 27.3. The fraction of sp³-hybridized carbons (Fsp3) is 1.00. The fourth-order valence-electron chi connectivity index (χ4n) is 1.08. The molecule has 0 aromatic heterocycles. The van der Waals surface area contributed by atoms with Crippen LogP contribution in [0.5, 0.6) is 0 Å². The second-order valence-electron chi connectivity index (χ2n) is 2.78. The number of ether oxygens (including phenoxy) is 1.